The SMILES string of the molecule is Cc1c(Cl)cccc1NC1=C(Cl)C(=O)N(C2CCCCC2)C1=O. The molecule has 1 aliphatic carbocycles. The molecule has 1 N–H and O–H groups in total. The van der Waals surface area contributed by atoms with E-state index in [1.165, 1.54) is 4.90 Å². The summed E-state index contributed by atoms with van der Waals surface area (Å²) in [4.78, 5) is 26.4. The Labute approximate surface area is 145 Å². The molecule has 1 saturated carbocycles. The lowest BCUT2D eigenvalue weighted by atomic mass is 9.94. The lowest BCUT2D eigenvalue weighted by Gasteiger charge is -2.29. The summed E-state index contributed by atoms with van der Waals surface area (Å²) in [6.07, 6.45) is 4.93. The quantitative estimate of drug-likeness (QED) is 0.828. The molecular weight excluding hydrogens is 335 g/mol. The van der Waals surface area contributed by atoms with E-state index in [-0.39, 0.29) is 22.7 Å². The van der Waals surface area contributed by atoms with Crippen LogP contribution in [0.4, 0.5) is 5.69 Å². The molecule has 0 aromatic heterocycles. The van der Waals surface area contributed by atoms with Crippen molar-refractivity contribution in [3.8, 4) is 0 Å². The van der Waals surface area contributed by atoms with E-state index < -0.39 is 5.91 Å². The number of carbonyl (C=O) groups is 2. The van der Waals surface area contributed by atoms with Gasteiger partial charge in [-0.3, -0.25) is 14.5 Å². The van der Waals surface area contributed by atoms with Gasteiger partial charge in [0.05, 0.1) is 0 Å². The number of halogens is 2. The van der Waals surface area contributed by atoms with Crippen molar-refractivity contribution >= 4 is 40.7 Å². The van der Waals surface area contributed by atoms with Gasteiger partial charge < -0.3 is 5.32 Å². The predicted octanol–water partition coefficient (Wildman–Crippen LogP) is 4.21. The van der Waals surface area contributed by atoms with Crippen LogP contribution in [0.5, 0.6) is 0 Å². The van der Waals surface area contributed by atoms with Crippen molar-refractivity contribution in [3.63, 3.8) is 0 Å². The Kier molecular flexibility index (Phi) is 4.64. The highest BCUT2D eigenvalue weighted by Crippen LogP contribution is 2.33. The average Bonchev–Trinajstić information content (AvgIpc) is 2.76. The molecule has 0 atom stereocenters. The number of nitrogens with one attached hydrogen (secondary N) is 1. The molecule has 0 bridgehead atoms. The first-order valence-corrected chi connectivity index (χ1v) is 8.56. The van der Waals surface area contributed by atoms with E-state index >= 15 is 0 Å². The summed E-state index contributed by atoms with van der Waals surface area (Å²) in [5.41, 5.74) is 1.63. The normalized spacial score (nSPS) is 19.7. The van der Waals surface area contributed by atoms with Crippen LogP contribution in [-0.4, -0.2) is 22.8 Å². The highest BCUT2D eigenvalue weighted by molar-refractivity contribution is 6.48. The van der Waals surface area contributed by atoms with Crippen molar-refractivity contribution in [2.75, 3.05) is 5.32 Å². The minimum atomic E-state index is -0.397. The first-order chi connectivity index (χ1) is 11.0. The number of rotatable bonds is 3. The van der Waals surface area contributed by atoms with Gasteiger partial charge in [0.15, 0.2) is 0 Å². The summed E-state index contributed by atoms with van der Waals surface area (Å²) in [6, 6.07) is 5.32. The molecule has 3 rings (SSSR count). The lowest BCUT2D eigenvalue weighted by Crippen LogP contribution is -2.42. The lowest BCUT2D eigenvalue weighted by molar-refractivity contribution is -0.140. The van der Waals surface area contributed by atoms with Gasteiger partial charge in [-0.25, -0.2) is 0 Å². The van der Waals surface area contributed by atoms with Gasteiger partial charge in [0.2, 0.25) is 0 Å². The first kappa shape index (κ1) is 16.3. The second-order valence-electron chi connectivity index (χ2n) is 6.00. The van der Waals surface area contributed by atoms with Crippen LogP contribution in [-0.2, 0) is 9.59 Å². The van der Waals surface area contributed by atoms with Gasteiger partial charge in [-0.1, -0.05) is 48.5 Å². The molecule has 1 aliphatic heterocycles. The molecule has 122 valence electrons. The van der Waals surface area contributed by atoms with Crippen LogP contribution in [0, 0.1) is 6.92 Å². The molecule has 1 aromatic carbocycles. The fraction of sp³-hybridized carbons (Fsp3) is 0.412. The summed E-state index contributed by atoms with van der Waals surface area (Å²) in [5.74, 6) is -0.739. The molecule has 1 heterocycles. The Bertz CT molecular complexity index is 694. The number of carbonyl (C=O) groups excluding carboxylic acids is 2. The predicted molar refractivity (Wildman–Crippen MR) is 91.4 cm³/mol. The van der Waals surface area contributed by atoms with Gasteiger partial charge in [-0.15, -0.1) is 0 Å². The third kappa shape index (κ3) is 2.98. The highest BCUT2D eigenvalue weighted by Gasteiger charge is 2.42. The van der Waals surface area contributed by atoms with Crippen LogP contribution >= 0.6 is 23.2 Å². The van der Waals surface area contributed by atoms with Crippen LogP contribution in [0.3, 0.4) is 0 Å². The second kappa shape index (κ2) is 6.54. The monoisotopic (exact) mass is 352 g/mol. The number of anilines is 1. The highest BCUT2D eigenvalue weighted by atomic mass is 35.5. The molecule has 23 heavy (non-hydrogen) atoms. The molecule has 0 saturated heterocycles. The Morgan fingerprint density at radius 1 is 1.09 bits per heavy atom. The Balaban J connectivity index is 1.86. The van der Waals surface area contributed by atoms with Crippen molar-refractivity contribution in [2.45, 2.75) is 45.1 Å². The maximum absolute atomic E-state index is 12.7. The number of hydrogen-bond donors (Lipinski definition) is 1. The fourth-order valence-corrected chi connectivity index (χ4v) is 3.57. The number of benzene rings is 1. The van der Waals surface area contributed by atoms with Crippen molar-refractivity contribution in [3.05, 3.63) is 39.5 Å². The zero-order valence-corrected chi connectivity index (χ0v) is 14.4. The molecule has 0 unspecified atom stereocenters. The second-order valence-corrected chi connectivity index (χ2v) is 6.78. The number of nitrogens with zero attached hydrogens (tertiary/aromatic N) is 1. The number of hydrogen-bond acceptors (Lipinski definition) is 3. The molecule has 1 aromatic rings. The molecule has 2 aliphatic rings. The van der Waals surface area contributed by atoms with E-state index in [0.29, 0.717) is 10.7 Å². The summed E-state index contributed by atoms with van der Waals surface area (Å²) in [6.45, 7) is 1.85. The molecule has 6 heteroatoms. The summed E-state index contributed by atoms with van der Waals surface area (Å²) in [5, 5.41) is 3.55. The molecular formula is C17H18Cl2N2O2. The van der Waals surface area contributed by atoms with E-state index in [1.54, 1.807) is 18.2 Å². The van der Waals surface area contributed by atoms with Crippen LogP contribution in [0.1, 0.15) is 37.7 Å². The summed E-state index contributed by atoms with van der Waals surface area (Å²) >= 11 is 12.3. The minimum absolute atomic E-state index is 0.0417. The average molecular weight is 353 g/mol. The molecule has 4 nitrogen and oxygen atoms in total. The third-order valence-corrected chi connectivity index (χ3v) is 5.29. The third-order valence-electron chi connectivity index (χ3n) is 4.53. The van der Waals surface area contributed by atoms with Gasteiger partial charge in [0.25, 0.3) is 11.8 Å². The van der Waals surface area contributed by atoms with Gasteiger partial charge in [-0.05, 0) is 37.5 Å². The van der Waals surface area contributed by atoms with Gasteiger partial charge in [-0.2, -0.15) is 0 Å². The molecule has 2 amide bonds. The Morgan fingerprint density at radius 3 is 2.48 bits per heavy atom. The Hall–Kier alpha value is -1.52. The summed E-state index contributed by atoms with van der Waals surface area (Å²) < 4.78 is 0. The first-order valence-electron chi connectivity index (χ1n) is 7.80. The smallest absolute Gasteiger partial charge is 0.279 e. The van der Waals surface area contributed by atoms with Crippen LogP contribution in [0.2, 0.25) is 5.02 Å². The zero-order chi connectivity index (χ0) is 16.6. The van der Waals surface area contributed by atoms with Crippen molar-refractivity contribution in [1.82, 2.24) is 4.90 Å². The van der Waals surface area contributed by atoms with Crippen molar-refractivity contribution in [2.24, 2.45) is 0 Å². The Morgan fingerprint density at radius 2 is 1.78 bits per heavy atom. The van der Waals surface area contributed by atoms with Crippen LogP contribution in [0.15, 0.2) is 28.9 Å². The van der Waals surface area contributed by atoms with Crippen LogP contribution in [0.25, 0.3) is 0 Å². The maximum Gasteiger partial charge on any atom is 0.279 e. The van der Waals surface area contributed by atoms with E-state index in [0.717, 1.165) is 37.7 Å². The molecule has 1 fully saturated rings. The zero-order valence-electron chi connectivity index (χ0n) is 12.9. The maximum atomic E-state index is 12.7. The van der Waals surface area contributed by atoms with E-state index in [4.69, 9.17) is 23.2 Å². The van der Waals surface area contributed by atoms with Crippen molar-refractivity contribution in [1.29, 1.82) is 0 Å². The summed E-state index contributed by atoms with van der Waals surface area (Å²) in [7, 11) is 0. The fourth-order valence-electron chi connectivity index (χ4n) is 3.18. The topological polar surface area (TPSA) is 49.4 Å². The largest absolute Gasteiger partial charge is 0.349 e. The minimum Gasteiger partial charge on any atom is -0.349 e. The van der Waals surface area contributed by atoms with Crippen molar-refractivity contribution < 1.29 is 9.59 Å². The number of imide groups is 1. The standard InChI is InChI=1S/C17H18Cl2N2O2/c1-10-12(18)8-5-9-13(10)20-15-14(19)16(22)21(17(15)23)11-6-3-2-4-7-11/h5,8-9,11,20H,2-4,6-7H2,1H3. The van der Waals surface area contributed by atoms with Gasteiger partial charge in [0.1, 0.15) is 10.7 Å². The molecule has 0 spiro atoms. The van der Waals surface area contributed by atoms with E-state index in [2.05, 4.69) is 5.32 Å². The van der Waals surface area contributed by atoms with Crippen LogP contribution < -0.4 is 5.32 Å². The van der Waals surface area contributed by atoms with E-state index in [1.807, 2.05) is 6.92 Å². The number of amides is 2. The van der Waals surface area contributed by atoms with Gasteiger partial charge >= 0.3 is 0 Å². The molecule has 0 radical (unpaired) electrons. The van der Waals surface area contributed by atoms with Gasteiger partial charge in [0, 0.05) is 16.8 Å². The van der Waals surface area contributed by atoms with E-state index in [9.17, 15) is 9.59 Å².